The molecule has 0 aromatic carbocycles. The summed E-state index contributed by atoms with van der Waals surface area (Å²) in [6.07, 6.45) is 20.6. The second-order valence-electron chi connectivity index (χ2n) is 13.6. The quantitative estimate of drug-likeness (QED) is 0.0453. The van der Waals surface area contributed by atoms with Crippen LogP contribution < -0.4 is 0 Å². The molecule has 0 spiro atoms. The second kappa shape index (κ2) is 28.0. The molecule has 0 saturated carbocycles. The highest BCUT2D eigenvalue weighted by Gasteiger charge is 2.20. The van der Waals surface area contributed by atoms with Gasteiger partial charge in [0.15, 0.2) is 12.6 Å². The Labute approximate surface area is 267 Å². The van der Waals surface area contributed by atoms with Gasteiger partial charge in [-0.2, -0.15) is 0 Å². The summed E-state index contributed by atoms with van der Waals surface area (Å²) in [5.74, 6) is 2.74. The molecule has 8 atom stereocenters. The molecule has 0 rings (SSSR count). The van der Waals surface area contributed by atoms with Gasteiger partial charge >= 0.3 is 0 Å². The van der Waals surface area contributed by atoms with Gasteiger partial charge in [-0.15, -0.1) is 23.2 Å². The van der Waals surface area contributed by atoms with Gasteiger partial charge < -0.3 is 14.2 Å². The number of ether oxygens (including phenoxy) is 3. The Bertz CT molecular complexity index is 499. The monoisotopic (exact) mass is 622 g/mol. The number of halogens is 2. The normalized spacial score (nSPS) is 18.0. The molecular weight excluding hydrogens is 551 g/mol. The minimum atomic E-state index is -0.174. The molecule has 3 nitrogen and oxygen atoms in total. The maximum Gasteiger partial charge on any atom is 0.160 e. The molecule has 0 aliphatic rings. The van der Waals surface area contributed by atoms with Crippen molar-refractivity contribution in [3.63, 3.8) is 0 Å². The smallest absolute Gasteiger partial charge is 0.160 e. The predicted octanol–water partition coefficient (Wildman–Crippen LogP) is 12.5. The summed E-state index contributed by atoms with van der Waals surface area (Å²) in [7, 11) is 0. The Morgan fingerprint density at radius 3 is 1.17 bits per heavy atom. The van der Waals surface area contributed by atoms with Crippen LogP contribution in [0.1, 0.15) is 171 Å². The SMILES string of the molecule is CCCCCCOC(CCCC(C)CC(C)CC(C)Cl)OC(CCCC(C)CC(C)CC(C)Cl)OCCCCCC. The van der Waals surface area contributed by atoms with E-state index in [0.717, 1.165) is 64.6 Å². The van der Waals surface area contributed by atoms with Gasteiger partial charge in [0.25, 0.3) is 0 Å². The molecule has 8 unspecified atom stereocenters. The summed E-state index contributed by atoms with van der Waals surface area (Å²) < 4.78 is 19.3. The van der Waals surface area contributed by atoms with Crippen molar-refractivity contribution in [2.45, 2.75) is 194 Å². The van der Waals surface area contributed by atoms with E-state index >= 15 is 0 Å². The van der Waals surface area contributed by atoms with Gasteiger partial charge in [0.2, 0.25) is 0 Å². The third-order valence-corrected chi connectivity index (χ3v) is 8.60. The minimum Gasteiger partial charge on any atom is -0.353 e. The van der Waals surface area contributed by atoms with Crippen molar-refractivity contribution in [3.05, 3.63) is 0 Å². The van der Waals surface area contributed by atoms with Crippen molar-refractivity contribution >= 4 is 23.2 Å². The molecule has 0 bridgehead atoms. The molecule has 0 aliphatic carbocycles. The van der Waals surface area contributed by atoms with Crippen LogP contribution in [-0.2, 0) is 14.2 Å². The maximum absolute atomic E-state index is 6.62. The van der Waals surface area contributed by atoms with Crippen LogP contribution in [0.2, 0.25) is 0 Å². The number of unbranched alkanes of at least 4 members (excludes halogenated alkanes) is 6. The Balaban J connectivity index is 4.98. The number of rotatable bonds is 30. The van der Waals surface area contributed by atoms with E-state index in [1.54, 1.807) is 0 Å². The highest BCUT2D eigenvalue weighted by atomic mass is 35.5. The van der Waals surface area contributed by atoms with Gasteiger partial charge in [0.05, 0.1) is 0 Å². The van der Waals surface area contributed by atoms with E-state index in [1.165, 1.54) is 64.2 Å². The van der Waals surface area contributed by atoms with Gasteiger partial charge in [-0.05, 0) is 102 Å². The Morgan fingerprint density at radius 1 is 0.439 bits per heavy atom. The van der Waals surface area contributed by atoms with Crippen molar-refractivity contribution in [2.24, 2.45) is 23.7 Å². The minimum absolute atomic E-state index is 0.174. The van der Waals surface area contributed by atoms with Crippen LogP contribution in [-0.4, -0.2) is 36.5 Å². The van der Waals surface area contributed by atoms with Gasteiger partial charge in [-0.25, -0.2) is 0 Å². The van der Waals surface area contributed by atoms with Gasteiger partial charge in [-0.1, -0.05) is 92.9 Å². The van der Waals surface area contributed by atoms with Crippen LogP contribution in [0.5, 0.6) is 0 Å². The molecule has 0 saturated heterocycles. The largest absolute Gasteiger partial charge is 0.353 e. The van der Waals surface area contributed by atoms with Crippen molar-refractivity contribution in [1.82, 2.24) is 0 Å². The van der Waals surface area contributed by atoms with Crippen molar-refractivity contribution < 1.29 is 14.2 Å². The van der Waals surface area contributed by atoms with Crippen LogP contribution in [0, 0.1) is 23.7 Å². The zero-order valence-corrected chi connectivity index (χ0v) is 30.3. The lowest BCUT2D eigenvalue weighted by Gasteiger charge is -2.27. The summed E-state index contributed by atoms with van der Waals surface area (Å²) in [4.78, 5) is 0. The first-order valence-electron chi connectivity index (χ1n) is 17.7. The lowest BCUT2D eigenvalue weighted by molar-refractivity contribution is -0.250. The van der Waals surface area contributed by atoms with E-state index in [4.69, 9.17) is 37.4 Å². The fourth-order valence-electron chi connectivity index (χ4n) is 6.21. The molecule has 0 heterocycles. The van der Waals surface area contributed by atoms with Crippen LogP contribution in [0.15, 0.2) is 0 Å². The lowest BCUT2D eigenvalue weighted by atomic mass is 9.90. The predicted molar refractivity (Wildman–Crippen MR) is 182 cm³/mol. The third kappa shape index (κ3) is 27.7. The standard InChI is InChI=1S/C36H72Cl2O3/c1-9-11-13-15-23-39-35(21-17-19-29(3)25-31(5)27-33(7)37)41-36(40-24-16-14-12-10-2)22-18-20-30(4)26-32(6)28-34(8)38/h29-36H,9-28H2,1-8H3. The number of hydrogen-bond acceptors (Lipinski definition) is 3. The molecule has 0 amide bonds. The van der Waals surface area contributed by atoms with Crippen LogP contribution in [0.25, 0.3) is 0 Å². The Hall–Kier alpha value is 0.460. The zero-order valence-electron chi connectivity index (χ0n) is 28.7. The molecule has 0 N–H and O–H groups in total. The molecule has 0 aliphatic heterocycles. The topological polar surface area (TPSA) is 27.7 Å². The fraction of sp³-hybridized carbons (Fsp3) is 1.00. The Kier molecular flexibility index (Phi) is 28.3. The lowest BCUT2D eigenvalue weighted by Crippen LogP contribution is -2.28. The second-order valence-corrected chi connectivity index (χ2v) is 15.1. The first-order chi connectivity index (χ1) is 19.6. The molecular formula is C36H72Cl2O3. The fourth-order valence-corrected chi connectivity index (χ4v) is 6.82. The van der Waals surface area contributed by atoms with E-state index < -0.39 is 0 Å². The van der Waals surface area contributed by atoms with Crippen molar-refractivity contribution in [1.29, 1.82) is 0 Å². The van der Waals surface area contributed by atoms with Crippen LogP contribution in [0.3, 0.4) is 0 Å². The van der Waals surface area contributed by atoms with Gasteiger partial charge in [-0.3, -0.25) is 0 Å². The molecule has 41 heavy (non-hydrogen) atoms. The summed E-state index contributed by atoms with van der Waals surface area (Å²) in [6, 6.07) is 0. The summed E-state index contributed by atoms with van der Waals surface area (Å²) in [5.41, 5.74) is 0. The van der Waals surface area contributed by atoms with Gasteiger partial charge in [0.1, 0.15) is 0 Å². The molecule has 0 fully saturated rings. The van der Waals surface area contributed by atoms with E-state index in [0.29, 0.717) is 23.7 Å². The van der Waals surface area contributed by atoms with Crippen molar-refractivity contribution in [3.8, 4) is 0 Å². The van der Waals surface area contributed by atoms with E-state index in [9.17, 15) is 0 Å². The first kappa shape index (κ1) is 41.5. The van der Waals surface area contributed by atoms with Gasteiger partial charge in [0, 0.05) is 24.0 Å². The highest BCUT2D eigenvalue weighted by Crippen LogP contribution is 2.26. The molecule has 248 valence electrons. The van der Waals surface area contributed by atoms with E-state index in [-0.39, 0.29) is 23.3 Å². The molecule has 0 aromatic rings. The zero-order chi connectivity index (χ0) is 30.9. The number of alkyl halides is 2. The van der Waals surface area contributed by atoms with E-state index in [2.05, 4.69) is 55.4 Å². The maximum atomic E-state index is 6.62. The van der Waals surface area contributed by atoms with E-state index in [1.807, 2.05) is 0 Å². The third-order valence-electron chi connectivity index (χ3n) is 8.24. The summed E-state index contributed by atoms with van der Waals surface area (Å²) in [5, 5.41) is 0.520. The average Bonchev–Trinajstić information content (AvgIpc) is 2.86. The van der Waals surface area contributed by atoms with Crippen LogP contribution in [0.4, 0.5) is 0 Å². The summed E-state index contributed by atoms with van der Waals surface area (Å²) >= 11 is 12.5. The Morgan fingerprint density at radius 2 is 0.829 bits per heavy atom. The van der Waals surface area contributed by atoms with Crippen LogP contribution >= 0.6 is 23.2 Å². The van der Waals surface area contributed by atoms with Crippen molar-refractivity contribution in [2.75, 3.05) is 13.2 Å². The molecule has 5 heteroatoms. The first-order valence-corrected chi connectivity index (χ1v) is 18.6. The molecule has 0 radical (unpaired) electrons. The summed E-state index contributed by atoms with van der Waals surface area (Å²) in [6.45, 7) is 19.7. The highest BCUT2D eigenvalue weighted by molar-refractivity contribution is 6.20. The number of hydrogen-bond donors (Lipinski definition) is 0. The molecule has 0 aromatic heterocycles. The average molecular weight is 624 g/mol.